The normalized spacial score (nSPS) is 33.6. The van der Waals surface area contributed by atoms with Gasteiger partial charge in [0.2, 0.25) is 0 Å². The van der Waals surface area contributed by atoms with Crippen molar-refractivity contribution in [2.24, 2.45) is 5.84 Å². The summed E-state index contributed by atoms with van der Waals surface area (Å²) < 4.78 is 5.69. The molecule has 18 heavy (non-hydrogen) atoms. The zero-order valence-corrected chi connectivity index (χ0v) is 10.7. The van der Waals surface area contributed by atoms with Gasteiger partial charge < -0.3 is 9.84 Å². The molecular weight excluding hydrogens is 234 g/mol. The predicted octanol–water partition coefficient (Wildman–Crippen LogP) is -0.629. The highest BCUT2D eigenvalue weighted by atomic mass is 16.5. The average molecular weight is 257 g/mol. The van der Waals surface area contributed by atoms with Gasteiger partial charge in [-0.3, -0.25) is 15.1 Å². The van der Waals surface area contributed by atoms with Gasteiger partial charge in [-0.25, -0.2) is 5.84 Å². The van der Waals surface area contributed by atoms with E-state index in [1.807, 2.05) is 0 Å². The molecule has 0 aromatic heterocycles. The number of aliphatic hydroxyl groups is 1. The van der Waals surface area contributed by atoms with Crippen molar-refractivity contribution in [3.8, 4) is 0 Å². The molecule has 104 valence electrons. The van der Waals surface area contributed by atoms with E-state index in [-0.39, 0.29) is 24.7 Å². The van der Waals surface area contributed by atoms with E-state index < -0.39 is 6.10 Å². The van der Waals surface area contributed by atoms with E-state index in [0.29, 0.717) is 0 Å². The second kappa shape index (κ2) is 6.47. The monoisotopic (exact) mass is 257 g/mol. The van der Waals surface area contributed by atoms with Crippen LogP contribution in [0.2, 0.25) is 0 Å². The first kappa shape index (κ1) is 13.7. The van der Waals surface area contributed by atoms with Crippen LogP contribution in [-0.2, 0) is 9.53 Å². The van der Waals surface area contributed by atoms with Gasteiger partial charge in [-0.15, -0.1) is 0 Å². The number of aliphatic hydroxyl groups excluding tert-OH is 1. The van der Waals surface area contributed by atoms with E-state index in [2.05, 4.69) is 10.3 Å². The Kier molecular flexibility index (Phi) is 4.94. The van der Waals surface area contributed by atoms with Crippen LogP contribution in [-0.4, -0.2) is 53.9 Å². The first-order valence-electron chi connectivity index (χ1n) is 6.75. The molecule has 2 heterocycles. The summed E-state index contributed by atoms with van der Waals surface area (Å²) in [5.41, 5.74) is 2.13. The van der Waals surface area contributed by atoms with Crippen molar-refractivity contribution in [3.63, 3.8) is 0 Å². The SMILES string of the molecule is NNC(=O)C1CCC(CN2CCCCC2CO)O1. The molecule has 0 bridgehead atoms. The third-order valence-corrected chi connectivity index (χ3v) is 3.94. The van der Waals surface area contributed by atoms with Crippen LogP contribution >= 0.6 is 0 Å². The molecule has 0 saturated carbocycles. The summed E-state index contributed by atoms with van der Waals surface area (Å²) in [6.45, 7) is 2.03. The standard InChI is InChI=1S/C12H23N3O3/c13-14-12(17)11-5-4-10(18-11)7-15-6-2-1-3-9(15)8-16/h9-11,16H,1-8,13H2,(H,14,17). The molecule has 0 aromatic carbocycles. The van der Waals surface area contributed by atoms with Gasteiger partial charge in [0.25, 0.3) is 5.91 Å². The van der Waals surface area contributed by atoms with Gasteiger partial charge in [0.1, 0.15) is 6.10 Å². The van der Waals surface area contributed by atoms with Crippen molar-refractivity contribution in [1.82, 2.24) is 10.3 Å². The fourth-order valence-corrected chi connectivity index (χ4v) is 2.89. The number of carbonyl (C=O) groups is 1. The second-order valence-corrected chi connectivity index (χ2v) is 5.16. The van der Waals surface area contributed by atoms with Crippen molar-refractivity contribution < 1.29 is 14.6 Å². The van der Waals surface area contributed by atoms with Crippen LogP contribution in [0.3, 0.4) is 0 Å². The second-order valence-electron chi connectivity index (χ2n) is 5.16. The molecule has 2 rings (SSSR count). The predicted molar refractivity (Wildman–Crippen MR) is 66.5 cm³/mol. The van der Waals surface area contributed by atoms with Gasteiger partial charge in [0, 0.05) is 12.6 Å². The fraction of sp³-hybridized carbons (Fsp3) is 0.917. The molecule has 0 spiro atoms. The number of amides is 1. The molecule has 3 atom stereocenters. The van der Waals surface area contributed by atoms with E-state index in [9.17, 15) is 9.90 Å². The number of nitrogens with one attached hydrogen (secondary N) is 1. The molecule has 3 unspecified atom stereocenters. The zero-order valence-electron chi connectivity index (χ0n) is 10.7. The Hall–Kier alpha value is -0.690. The van der Waals surface area contributed by atoms with Crippen LogP contribution in [0.5, 0.6) is 0 Å². The highest BCUT2D eigenvalue weighted by Gasteiger charge is 2.33. The molecule has 2 aliphatic rings. The maximum atomic E-state index is 11.4. The van der Waals surface area contributed by atoms with Gasteiger partial charge >= 0.3 is 0 Å². The van der Waals surface area contributed by atoms with Crippen LogP contribution in [0.1, 0.15) is 32.1 Å². The number of hydrazine groups is 1. The maximum absolute atomic E-state index is 11.4. The molecule has 2 saturated heterocycles. The number of hydrogen-bond acceptors (Lipinski definition) is 5. The Balaban J connectivity index is 1.81. The number of likely N-dealkylation sites (tertiary alicyclic amines) is 1. The smallest absolute Gasteiger partial charge is 0.263 e. The van der Waals surface area contributed by atoms with Crippen LogP contribution in [0.25, 0.3) is 0 Å². The number of nitrogens with zero attached hydrogens (tertiary/aromatic N) is 1. The molecule has 2 aliphatic heterocycles. The average Bonchev–Trinajstić information content (AvgIpc) is 2.87. The van der Waals surface area contributed by atoms with Crippen molar-refractivity contribution in [2.45, 2.75) is 50.4 Å². The van der Waals surface area contributed by atoms with Gasteiger partial charge in [-0.1, -0.05) is 6.42 Å². The Bertz CT molecular complexity index is 288. The van der Waals surface area contributed by atoms with Crippen LogP contribution in [0, 0.1) is 0 Å². The Labute approximate surface area is 107 Å². The largest absolute Gasteiger partial charge is 0.395 e. The number of ether oxygens (including phenoxy) is 1. The van der Waals surface area contributed by atoms with E-state index in [1.54, 1.807) is 0 Å². The number of hydrogen-bond donors (Lipinski definition) is 3. The topological polar surface area (TPSA) is 87.8 Å². The maximum Gasteiger partial charge on any atom is 0.263 e. The minimum atomic E-state index is -0.405. The fourth-order valence-electron chi connectivity index (χ4n) is 2.89. The van der Waals surface area contributed by atoms with E-state index in [0.717, 1.165) is 32.4 Å². The van der Waals surface area contributed by atoms with Crippen LogP contribution < -0.4 is 11.3 Å². The lowest BCUT2D eigenvalue weighted by Crippen LogP contribution is -2.46. The molecule has 2 fully saturated rings. The molecule has 0 aliphatic carbocycles. The van der Waals surface area contributed by atoms with Crippen LogP contribution in [0.15, 0.2) is 0 Å². The van der Waals surface area contributed by atoms with Gasteiger partial charge in [0.05, 0.1) is 12.7 Å². The molecule has 0 aromatic rings. The minimum Gasteiger partial charge on any atom is -0.395 e. The quantitative estimate of drug-likeness (QED) is 0.354. The summed E-state index contributed by atoms with van der Waals surface area (Å²) in [6.07, 6.45) is 4.70. The Morgan fingerprint density at radius 2 is 2.22 bits per heavy atom. The molecule has 6 nitrogen and oxygen atoms in total. The molecule has 6 heteroatoms. The van der Waals surface area contributed by atoms with E-state index in [1.165, 1.54) is 12.8 Å². The van der Waals surface area contributed by atoms with Crippen molar-refractivity contribution in [1.29, 1.82) is 0 Å². The summed E-state index contributed by atoms with van der Waals surface area (Å²) in [6, 6.07) is 0.254. The van der Waals surface area contributed by atoms with Gasteiger partial charge in [-0.2, -0.15) is 0 Å². The highest BCUT2D eigenvalue weighted by Crippen LogP contribution is 2.24. The van der Waals surface area contributed by atoms with E-state index >= 15 is 0 Å². The molecule has 4 N–H and O–H groups in total. The molecule has 1 amide bonds. The molecular formula is C12H23N3O3. The van der Waals surface area contributed by atoms with Crippen molar-refractivity contribution >= 4 is 5.91 Å². The number of nitrogens with two attached hydrogens (primary N) is 1. The Morgan fingerprint density at radius 3 is 2.94 bits per heavy atom. The van der Waals surface area contributed by atoms with Crippen molar-refractivity contribution in [3.05, 3.63) is 0 Å². The summed E-state index contributed by atoms with van der Waals surface area (Å²) in [5.74, 6) is 4.86. The van der Waals surface area contributed by atoms with Gasteiger partial charge in [0.15, 0.2) is 0 Å². The first-order valence-corrected chi connectivity index (χ1v) is 6.75. The zero-order chi connectivity index (χ0) is 13.0. The molecule has 0 radical (unpaired) electrons. The lowest BCUT2D eigenvalue weighted by molar-refractivity contribution is -0.132. The number of piperidine rings is 1. The number of rotatable bonds is 4. The third-order valence-electron chi connectivity index (χ3n) is 3.94. The summed E-state index contributed by atoms with van der Waals surface area (Å²) >= 11 is 0. The van der Waals surface area contributed by atoms with E-state index in [4.69, 9.17) is 10.6 Å². The summed E-state index contributed by atoms with van der Waals surface area (Å²) in [4.78, 5) is 13.6. The first-order chi connectivity index (χ1) is 8.74. The Morgan fingerprint density at radius 1 is 1.39 bits per heavy atom. The van der Waals surface area contributed by atoms with Crippen molar-refractivity contribution in [2.75, 3.05) is 19.7 Å². The minimum absolute atomic E-state index is 0.0828. The summed E-state index contributed by atoms with van der Waals surface area (Å²) in [5, 5.41) is 9.35. The number of carbonyl (C=O) groups excluding carboxylic acids is 1. The highest BCUT2D eigenvalue weighted by molar-refractivity contribution is 5.80. The summed E-state index contributed by atoms with van der Waals surface area (Å²) in [7, 11) is 0. The third kappa shape index (κ3) is 3.20. The van der Waals surface area contributed by atoms with Crippen LogP contribution in [0.4, 0.5) is 0 Å². The lowest BCUT2D eigenvalue weighted by Gasteiger charge is -2.36. The van der Waals surface area contributed by atoms with Gasteiger partial charge in [-0.05, 0) is 32.2 Å². The lowest BCUT2D eigenvalue weighted by atomic mass is 10.0.